The van der Waals surface area contributed by atoms with Gasteiger partial charge in [0, 0.05) is 0 Å². The summed E-state index contributed by atoms with van der Waals surface area (Å²) in [6, 6.07) is 2.24. The van der Waals surface area contributed by atoms with E-state index in [-0.39, 0.29) is 11.7 Å². The van der Waals surface area contributed by atoms with Gasteiger partial charge in [0.2, 0.25) is 0 Å². The number of hydrogen-bond donors (Lipinski definition) is 0. The van der Waals surface area contributed by atoms with Crippen LogP contribution in [-0.2, 0) is 4.74 Å². The Morgan fingerprint density at radius 3 is 3.14 bits per heavy atom. The fourth-order valence-corrected chi connectivity index (χ4v) is 3.62. The minimum Gasteiger partial charge on any atom is -0.370 e. The smallest absolute Gasteiger partial charge is 0.0718 e. The summed E-state index contributed by atoms with van der Waals surface area (Å²) in [5, 5.41) is 8.66. The Balaban J connectivity index is 1.70. The molecule has 0 aromatic carbocycles. The normalized spacial score (nSPS) is 50.1. The van der Waals surface area contributed by atoms with Crippen molar-refractivity contribution in [2.45, 2.75) is 56.7 Å². The van der Waals surface area contributed by atoms with Gasteiger partial charge in [-0.05, 0) is 43.9 Å². The van der Waals surface area contributed by atoms with Gasteiger partial charge in [0.15, 0.2) is 0 Å². The van der Waals surface area contributed by atoms with E-state index in [0.29, 0.717) is 6.42 Å². The molecule has 3 rings (SSSR count). The van der Waals surface area contributed by atoms with E-state index < -0.39 is 0 Å². The first-order valence-electron chi connectivity index (χ1n) is 5.89. The molecule has 76 valence electrons. The Kier molecular flexibility index (Phi) is 1.85. The lowest BCUT2D eigenvalue weighted by Crippen LogP contribution is -2.34. The Bertz CT molecular complexity index is 283. The molecule has 3 fully saturated rings. The molecule has 1 spiro atoms. The summed E-state index contributed by atoms with van der Waals surface area (Å²) in [6.07, 6.45) is 8.63. The molecule has 3 aliphatic rings. The SMILES string of the molecule is N#CCC1CCC2(CCCC3CC32)O1. The number of nitriles is 1. The van der Waals surface area contributed by atoms with Crippen LogP contribution < -0.4 is 0 Å². The maximum atomic E-state index is 8.66. The van der Waals surface area contributed by atoms with E-state index >= 15 is 0 Å². The van der Waals surface area contributed by atoms with Gasteiger partial charge in [-0.1, -0.05) is 6.42 Å². The molecule has 0 aromatic rings. The van der Waals surface area contributed by atoms with Gasteiger partial charge in [0.25, 0.3) is 0 Å². The second kappa shape index (κ2) is 2.97. The first kappa shape index (κ1) is 8.73. The monoisotopic (exact) mass is 191 g/mol. The van der Waals surface area contributed by atoms with Crippen molar-refractivity contribution in [3.8, 4) is 6.07 Å². The van der Waals surface area contributed by atoms with Crippen LogP contribution in [0.2, 0.25) is 0 Å². The van der Waals surface area contributed by atoms with Crippen LogP contribution in [0, 0.1) is 23.2 Å². The van der Waals surface area contributed by atoms with Gasteiger partial charge in [-0.2, -0.15) is 5.26 Å². The summed E-state index contributed by atoms with van der Waals surface area (Å²) < 4.78 is 6.16. The minimum atomic E-state index is 0.227. The summed E-state index contributed by atoms with van der Waals surface area (Å²) in [6.45, 7) is 0. The van der Waals surface area contributed by atoms with Crippen LogP contribution in [0.25, 0.3) is 0 Å². The average Bonchev–Trinajstić information content (AvgIpc) is 2.87. The number of ether oxygens (including phenoxy) is 1. The fourth-order valence-electron chi connectivity index (χ4n) is 3.62. The van der Waals surface area contributed by atoms with Gasteiger partial charge in [0.05, 0.1) is 24.2 Å². The predicted molar refractivity (Wildman–Crippen MR) is 52.5 cm³/mol. The van der Waals surface area contributed by atoms with Crippen molar-refractivity contribution in [2.24, 2.45) is 11.8 Å². The maximum absolute atomic E-state index is 8.66. The van der Waals surface area contributed by atoms with Gasteiger partial charge in [-0.3, -0.25) is 0 Å². The fraction of sp³-hybridized carbons (Fsp3) is 0.917. The molecule has 0 bridgehead atoms. The second-order valence-electron chi connectivity index (χ2n) is 5.20. The van der Waals surface area contributed by atoms with Crippen molar-refractivity contribution in [1.82, 2.24) is 0 Å². The van der Waals surface area contributed by atoms with Crippen molar-refractivity contribution >= 4 is 0 Å². The van der Waals surface area contributed by atoms with Crippen molar-refractivity contribution < 1.29 is 4.74 Å². The molecule has 1 aliphatic heterocycles. The lowest BCUT2D eigenvalue weighted by atomic mass is 9.82. The molecule has 2 heteroatoms. The van der Waals surface area contributed by atoms with Crippen LogP contribution in [0.5, 0.6) is 0 Å². The van der Waals surface area contributed by atoms with Crippen molar-refractivity contribution in [1.29, 1.82) is 5.26 Å². The Hall–Kier alpha value is -0.550. The third-order valence-electron chi connectivity index (χ3n) is 4.38. The zero-order valence-electron chi connectivity index (χ0n) is 8.54. The zero-order chi connectivity index (χ0) is 9.60. The Labute approximate surface area is 85.2 Å². The van der Waals surface area contributed by atoms with Crippen LogP contribution in [0.15, 0.2) is 0 Å². The molecule has 2 aliphatic carbocycles. The minimum absolute atomic E-state index is 0.227. The van der Waals surface area contributed by atoms with E-state index in [9.17, 15) is 0 Å². The van der Waals surface area contributed by atoms with Gasteiger partial charge < -0.3 is 4.74 Å². The Morgan fingerprint density at radius 2 is 2.29 bits per heavy atom. The van der Waals surface area contributed by atoms with Gasteiger partial charge in [-0.25, -0.2) is 0 Å². The lowest BCUT2D eigenvalue weighted by Gasteiger charge is -2.33. The van der Waals surface area contributed by atoms with E-state index in [4.69, 9.17) is 10.00 Å². The van der Waals surface area contributed by atoms with Crippen LogP contribution in [0.3, 0.4) is 0 Å². The summed E-state index contributed by atoms with van der Waals surface area (Å²) in [4.78, 5) is 0. The van der Waals surface area contributed by atoms with Crippen LogP contribution in [-0.4, -0.2) is 11.7 Å². The summed E-state index contributed by atoms with van der Waals surface area (Å²) in [7, 11) is 0. The molecule has 2 saturated carbocycles. The largest absolute Gasteiger partial charge is 0.370 e. The van der Waals surface area contributed by atoms with Crippen LogP contribution >= 0.6 is 0 Å². The molecule has 4 atom stereocenters. The quantitative estimate of drug-likeness (QED) is 0.638. The van der Waals surface area contributed by atoms with E-state index in [2.05, 4.69) is 6.07 Å². The van der Waals surface area contributed by atoms with E-state index in [1.54, 1.807) is 0 Å². The molecular formula is C12H17NO. The second-order valence-corrected chi connectivity index (χ2v) is 5.20. The van der Waals surface area contributed by atoms with Gasteiger partial charge >= 0.3 is 0 Å². The van der Waals surface area contributed by atoms with E-state index in [1.807, 2.05) is 0 Å². The van der Waals surface area contributed by atoms with Crippen LogP contribution in [0.4, 0.5) is 0 Å². The highest BCUT2D eigenvalue weighted by atomic mass is 16.5. The van der Waals surface area contributed by atoms with Crippen LogP contribution in [0.1, 0.15) is 44.9 Å². The average molecular weight is 191 g/mol. The van der Waals surface area contributed by atoms with E-state index in [1.165, 1.54) is 32.1 Å². The number of rotatable bonds is 1. The number of fused-ring (bicyclic) bond motifs is 2. The molecule has 0 aromatic heterocycles. The molecule has 1 heterocycles. The molecule has 0 N–H and O–H groups in total. The van der Waals surface area contributed by atoms with Crippen molar-refractivity contribution in [3.63, 3.8) is 0 Å². The predicted octanol–water partition coefficient (Wildman–Crippen LogP) is 2.64. The summed E-state index contributed by atoms with van der Waals surface area (Å²) >= 11 is 0. The van der Waals surface area contributed by atoms with Crippen molar-refractivity contribution in [2.75, 3.05) is 0 Å². The van der Waals surface area contributed by atoms with Gasteiger partial charge in [0.1, 0.15) is 0 Å². The lowest BCUT2D eigenvalue weighted by molar-refractivity contribution is -0.0725. The molecule has 1 saturated heterocycles. The third kappa shape index (κ3) is 1.19. The molecular weight excluding hydrogens is 174 g/mol. The molecule has 2 nitrogen and oxygen atoms in total. The highest BCUT2D eigenvalue weighted by molar-refractivity contribution is 5.08. The third-order valence-corrected chi connectivity index (χ3v) is 4.38. The molecule has 14 heavy (non-hydrogen) atoms. The molecule has 0 amide bonds. The number of hydrogen-bond acceptors (Lipinski definition) is 2. The van der Waals surface area contributed by atoms with E-state index in [0.717, 1.165) is 18.3 Å². The maximum Gasteiger partial charge on any atom is 0.0718 e. The molecule has 4 unspecified atom stereocenters. The first-order valence-corrected chi connectivity index (χ1v) is 5.89. The number of nitrogens with zero attached hydrogens (tertiary/aromatic N) is 1. The topological polar surface area (TPSA) is 33.0 Å². The molecule has 0 radical (unpaired) electrons. The highest BCUT2D eigenvalue weighted by Gasteiger charge is 2.58. The summed E-state index contributed by atoms with van der Waals surface area (Å²) in [5.41, 5.74) is 0.227. The zero-order valence-corrected chi connectivity index (χ0v) is 8.54. The first-order chi connectivity index (χ1) is 6.84. The van der Waals surface area contributed by atoms with Crippen molar-refractivity contribution in [3.05, 3.63) is 0 Å². The van der Waals surface area contributed by atoms with Gasteiger partial charge in [-0.15, -0.1) is 0 Å². The standard InChI is InChI=1S/C12H17NO/c13-7-4-10-3-6-12(14-10)5-1-2-9-8-11(9)12/h9-11H,1-6,8H2. The summed E-state index contributed by atoms with van der Waals surface area (Å²) in [5.74, 6) is 1.84. The highest BCUT2D eigenvalue weighted by Crippen LogP contribution is 2.60. The Morgan fingerprint density at radius 1 is 1.36 bits per heavy atom.